The highest BCUT2D eigenvalue weighted by molar-refractivity contribution is 9.10. The normalized spacial score (nSPS) is 13.5. The van der Waals surface area contributed by atoms with Crippen molar-refractivity contribution < 1.29 is 18.3 Å². The van der Waals surface area contributed by atoms with Gasteiger partial charge in [0.05, 0.1) is 11.7 Å². The summed E-state index contributed by atoms with van der Waals surface area (Å²) < 4.78 is 40.2. The quantitative estimate of drug-likeness (QED) is 0.676. The minimum absolute atomic E-state index is 0.106. The van der Waals surface area contributed by atoms with E-state index in [0.29, 0.717) is 4.47 Å². The van der Waals surface area contributed by atoms with Crippen LogP contribution >= 0.6 is 43.2 Å². The first-order chi connectivity index (χ1) is 9.27. The van der Waals surface area contributed by atoms with Gasteiger partial charge in [0.2, 0.25) is 0 Å². The second-order valence-electron chi connectivity index (χ2n) is 4.18. The van der Waals surface area contributed by atoms with Gasteiger partial charge in [0.25, 0.3) is 0 Å². The van der Waals surface area contributed by atoms with Crippen LogP contribution in [-0.4, -0.2) is 5.11 Å². The van der Waals surface area contributed by atoms with Crippen molar-refractivity contribution in [3.63, 3.8) is 0 Å². The van der Waals surface area contributed by atoms with Gasteiger partial charge in [-0.15, -0.1) is 11.3 Å². The molecular weight excluding hydrogens is 421 g/mol. The smallest absolute Gasteiger partial charge is 0.388 e. The van der Waals surface area contributed by atoms with Crippen LogP contribution in [0.3, 0.4) is 0 Å². The molecule has 0 fully saturated rings. The summed E-state index contributed by atoms with van der Waals surface area (Å²) in [5.41, 5.74) is -0.916. The molecule has 2 rings (SSSR count). The largest absolute Gasteiger partial charge is 0.416 e. The lowest BCUT2D eigenvalue weighted by Crippen LogP contribution is -2.13. The molecule has 0 saturated heterocycles. The molecule has 1 heterocycles. The van der Waals surface area contributed by atoms with E-state index in [0.717, 1.165) is 15.4 Å². The zero-order valence-electron chi connectivity index (χ0n) is 9.92. The lowest BCUT2D eigenvalue weighted by atomic mass is 9.99. The van der Waals surface area contributed by atoms with Crippen LogP contribution < -0.4 is 0 Å². The van der Waals surface area contributed by atoms with Crippen molar-refractivity contribution in [3.8, 4) is 0 Å². The van der Waals surface area contributed by atoms with E-state index in [9.17, 15) is 18.3 Å². The van der Waals surface area contributed by atoms with Gasteiger partial charge in [-0.2, -0.15) is 13.2 Å². The number of hydrogen-bond acceptors (Lipinski definition) is 2. The predicted molar refractivity (Wildman–Crippen MR) is 79.8 cm³/mol. The van der Waals surface area contributed by atoms with E-state index in [-0.39, 0.29) is 12.0 Å². The molecule has 7 heteroatoms. The Kier molecular flexibility index (Phi) is 4.94. The standard InChI is InChI=1S/C13H9Br2F3OS/c14-7-1-2-10(11(4-7)13(16,17)18)12(19)5-9-3-8(15)6-20-9/h1-4,6,12,19H,5H2. The molecule has 0 aliphatic carbocycles. The fourth-order valence-corrected chi connectivity index (χ4v) is 3.68. The fraction of sp³-hybridized carbons (Fsp3) is 0.231. The van der Waals surface area contributed by atoms with Crippen LogP contribution in [0.1, 0.15) is 22.1 Å². The van der Waals surface area contributed by atoms with Gasteiger partial charge in [-0.25, -0.2) is 0 Å². The third kappa shape index (κ3) is 3.84. The van der Waals surface area contributed by atoms with Crippen molar-refractivity contribution in [1.29, 1.82) is 0 Å². The fourth-order valence-electron chi connectivity index (χ4n) is 1.83. The maximum Gasteiger partial charge on any atom is 0.416 e. The number of halogens is 5. The summed E-state index contributed by atoms with van der Waals surface area (Å²) in [5, 5.41) is 11.9. The first-order valence-corrected chi connectivity index (χ1v) is 8.01. The Morgan fingerprint density at radius 2 is 1.85 bits per heavy atom. The van der Waals surface area contributed by atoms with Crippen molar-refractivity contribution in [2.45, 2.75) is 18.7 Å². The summed E-state index contributed by atoms with van der Waals surface area (Å²) in [4.78, 5) is 0.820. The molecule has 20 heavy (non-hydrogen) atoms. The summed E-state index contributed by atoms with van der Waals surface area (Å²) in [6.07, 6.45) is -5.53. The van der Waals surface area contributed by atoms with Crippen LogP contribution in [0.2, 0.25) is 0 Å². The molecule has 108 valence electrons. The van der Waals surface area contributed by atoms with E-state index in [1.165, 1.54) is 23.5 Å². The lowest BCUT2D eigenvalue weighted by molar-refractivity contribution is -0.139. The van der Waals surface area contributed by atoms with Crippen molar-refractivity contribution in [1.82, 2.24) is 0 Å². The zero-order chi connectivity index (χ0) is 14.9. The summed E-state index contributed by atoms with van der Waals surface area (Å²) in [6.45, 7) is 0. The van der Waals surface area contributed by atoms with Gasteiger partial charge < -0.3 is 5.11 Å². The first kappa shape index (κ1) is 16.0. The zero-order valence-corrected chi connectivity index (χ0v) is 13.9. The highest BCUT2D eigenvalue weighted by Crippen LogP contribution is 2.37. The number of thiophene rings is 1. The third-order valence-electron chi connectivity index (χ3n) is 2.70. The predicted octanol–water partition coefficient (Wildman–Crippen LogP) is 5.57. The van der Waals surface area contributed by atoms with Crippen LogP contribution in [0.15, 0.2) is 38.6 Å². The van der Waals surface area contributed by atoms with Crippen LogP contribution in [0.25, 0.3) is 0 Å². The molecule has 1 nitrogen and oxygen atoms in total. The number of alkyl halides is 3. The van der Waals surface area contributed by atoms with E-state index < -0.39 is 17.8 Å². The van der Waals surface area contributed by atoms with Crippen LogP contribution in [0.4, 0.5) is 13.2 Å². The van der Waals surface area contributed by atoms with Crippen LogP contribution in [0, 0.1) is 0 Å². The molecule has 1 atom stereocenters. The molecule has 0 saturated carbocycles. The van der Waals surface area contributed by atoms with Crippen molar-refractivity contribution in [2.24, 2.45) is 0 Å². The maximum atomic E-state index is 13.0. The number of aliphatic hydroxyl groups is 1. The Labute approximate surface area is 134 Å². The molecule has 1 aromatic heterocycles. The van der Waals surface area contributed by atoms with Crippen LogP contribution in [-0.2, 0) is 12.6 Å². The van der Waals surface area contributed by atoms with Gasteiger partial charge >= 0.3 is 6.18 Å². The minimum Gasteiger partial charge on any atom is -0.388 e. The third-order valence-corrected chi connectivity index (χ3v) is 4.91. The van der Waals surface area contributed by atoms with Crippen LogP contribution in [0.5, 0.6) is 0 Å². The van der Waals surface area contributed by atoms with Crippen molar-refractivity contribution >= 4 is 43.2 Å². The molecule has 1 unspecified atom stereocenters. The van der Waals surface area contributed by atoms with Crippen molar-refractivity contribution in [2.75, 3.05) is 0 Å². The molecular formula is C13H9Br2F3OS. The average Bonchev–Trinajstić information content (AvgIpc) is 2.73. The summed E-state index contributed by atoms with van der Waals surface area (Å²) >= 11 is 7.69. The molecule has 0 aliphatic rings. The highest BCUT2D eigenvalue weighted by atomic mass is 79.9. The minimum atomic E-state index is -4.49. The van der Waals surface area contributed by atoms with Gasteiger partial charge in [0.15, 0.2) is 0 Å². The number of benzene rings is 1. The Balaban J connectivity index is 2.32. The molecule has 0 radical (unpaired) electrons. The number of hydrogen-bond donors (Lipinski definition) is 1. The van der Waals surface area contributed by atoms with Gasteiger partial charge in [0.1, 0.15) is 0 Å². The van der Waals surface area contributed by atoms with E-state index in [4.69, 9.17) is 0 Å². The topological polar surface area (TPSA) is 20.2 Å². The molecule has 1 N–H and O–H groups in total. The Morgan fingerprint density at radius 3 is 2.40 bits per heavy atom. The molecule has 0 bridgehead atoms. The average molecular weight is 430 g/mol. The molecule has 2 aromatic rings. The number of aliphatic hydroxyl groups excluding tert-OH is 1. The van der Waals surface area contributed by atoms with Gasteiger partial charge in [-0.3, -0.25) is 0 Å². The lowest BCUT2D eigenvalue weighted by Gasteiger charge is -2.17. The second-order valence-corrected chi connectivity index (χ2v) is 7.01. The maximum absolute atomic E-state index is 13.0. The van der Waals surface area contributed by atoms with Crippen molar-refractivity contribution in [3.05, 3.63) is 54.6 Å². The molecule has 1 aromatic carbocycles. The van der Waals surface area contributed by atoms with Gasteiger partial charge in [-0.05, 0) is 39.7 Å². The highest BCUT2D eigenvalue weighted by Gasteiger charge is 2.35. The Bertz CT molecular complexity index is 610. The summed E-state index contributed by atoms with van der Waals surface area (Å²) in [7, 11) is 0. The SMILES string of the molecule is OC(Cc1cc(Br)cs1)c1ccc(Br)cc1C(F)(F)F. The summed E-state index contributed by atoms with van der Waals surface area (Å²) in [6, 6.07) is 5.58. The first-order valence-electron chi connectivity index (χ1n) is 5.55. The monoisotopic (exact) mass is 428 g/mol. The van der Waals surface area contributed by atoms with E-state index >= 15 is 0 Å². The second kappa shape index (κ2) is 6.17. The van der Waals surface area contributed by atoms with E-state index in [1.54, 1.807) is 6.07 Å². The summed E-state index contributed by atoms with van der Waals surface area (Å²) in [5.74, 6) is 0. The molecule has 0 amide bonds. The molecule has 0 spiro atoms. The van der Waals surface area contributed by atoms with Gasteiger partial charge in [0, 0.05) is 25.6 Å². The Hall–Kier alpha value is -0.370. The Morgan fingerprint density at radius 1 is 1.15 bits per heavy atom. The van der Waals surface area contributed by atoms with E-state index in [2.05, 4.69) is 31.9 Å². The van der Waals surface area contributed by atoms with Gasteiger partial charge in [-0.1, -0.05) is 22.0 Å². The molecule has 0 aliphatic heterocycles. The van der Waals surface area contributed by atoms with E-state index in [1.807, 2.05) is 5.38 Å². The number of rotatable bonds is 3.